The maximum Gasteiger partial charge on any atom is 0.330 e. The second-order valence-corrected chi connectivity index (χ2v) is 4.28. The van der Waals surface area contributed by atoms with E-state index >= 15 is 0 Å². The Bertz CT molecular complexity index is 602. The predicted molar refractivity (Wildman–Crippen MR) is 87.2 cm³/mol. The highest BCUT2D eigenvalue weighted by Crippen LogP contribution is 2.15. The number of azide groups is 1. The van der Waals surface area contributed by atoms with Gasteiger partial charge in [0.15, 0.2) is 0 Å². The third-order valence-corrected chi connectivity index (χ3v) is 2.69. The maximum absolute atomic E-state index is 10.9. The van der Waals surface area contributed by atoms with Gasteiger partial charge in [-0.2, -0.15) is 0 Å². The van der Waals surface area contributed by atoms with Gasteiger partial charge < -0.3 is 9.64 Å². The fourth-order valence-corrected chi connectivity index (χ4v) is 1.68. The highest BCUT2D eigenvalue weighted by atomic mass is 16.5. The van der Waals surface area contributed by atoms with Crippen LogP contribution in [-0.4, -0.2) is 26.2 Å². The molecule has 0 aliphatic rings. The van der Waals surface area contributed by atoms with Crippen LogP contribution in [0.15, 0.2) is 72.0 Å². The van der Waals surface area contributed by atoms with Gasteiger partial charge in [-0.05, 0) is 17.7 Å². The molecule has 6 heteroatoms. The number of hydrogen-bond donors (Lipinski definition) is 0. The number of methoxy groups -OCH3 is 1. The number of benzene rings is 1. The molecular formula is C16H18N4O2. The van der Waals surface area contributed by atoms with Crippen molar-refractivity contribution in [1.29, 1.82) is 0 Å². The van der Waals surface area contributed by atoms with Gasteiger partial charge in [0.05, 0.1) is 7.11 Å². The summed E-state index contributed by atoms with van der Waals surface area (Å²) in [4.78, 5) is 15.7. The monoisotopic (exact) mass is 298 g/mol. The van der Waals surface area contributed by atoms with Crippen LogP contribution in [0.25, 0.3) is 10.4 Å². The Morgan fingerprint density at radius 2 is 2.14 bits per heavy atom. The average molecular weight is 298 g/mol. The van der Waals surface area contributed by atoms with Crippen LogP contribution in [0.1, 0.15) is 0 Å². The van der Waals surface area contributed by atoms with Crippen LogP contribution in [0.3, 0.4) is 0 Å². The first-order valence-electron chi connectivity index (χ1n) is 6.61. The van der Waals surface area contributed by atoms with E-state index in [0.717, 1.165) is 5.69 Å². The number of carbonyl (C=O) groups excluding carboxylic acids is 1. The Labute approximate surface area is 129 Å². The topological polar surface area (TPSA) is 78.3 Å². The molecule has 0 aliphatic carbocycles. The van der Waals surface area contributed by atoms with Gasteiger partial charge in [-0.25, -0.2) is 4.79 Å². The van der Waals surface area contributed by atoms with E-state index in [4.69, 9.17) is 5.53 Å². The lowest BCUT2D eigenvalue weighted by Gasteiger charge is -2.23. The second kappa shape index (κ2) is 9.85. The second-order valence-electron chi connectivity index (χ2n) is 4.28. The molecule has 0 aromatic heterocycles. The van der Waals surface area contributed by atoms with Gasteiger partial charge in [-0.1, -0.05) is 48.1 Å². The number of anilines is 1. The first-order chi connectivity index (χ1) is 10.7. The maximum atomic E-state index is 10.9. The first-order valence-corrected chi connectivity index (χ1v) is 6.61. The zero-order valence-electron chi connectivity index (χ0n) is 12.4. The van der Waals surface area contributed by atoms with Crippen LogP contribution in [0.2, 0.25) is 0 Å². The van der Waals surface area contributed by atoms with Crippen molar-refractivity contribution in [1.82, 2.24) is 0 Å². The van der Waals surface area contributed by atoms with E-state index in [1.54, 1.807) is 12.2 Å². The summed E-state index contributed by atoms with van der Waals surface area (Å²) in [5, 5.41) is 3.51. The number of hydrogen-bond acceptors (Lipinski definition) is 4. The van der Waals surface area contributed by atoms with E-state index in [1.165, 1.54) is 13.2 Å². The van der Waals surface area contributed by atoms with Gasteiger partial charge in [0.1, 0.15) is 0 Å². The van der Waals surface area contributed by atoms with Crippen LogP contribution in [-0.2, 0) is 9.53 Å². The van der Waals surface area contributed by atoms with Crippen LogP contribution in [0.4, 0.5) is 5.69 Å². The van der Waals surface area contributed by atoms with Gasteiger partial charge in [0.2, 0.25) is 0 Å². The lowest BCUT2D eigenvalue weighted by molar-refractivity contribution is -0.134. The summed E-state index contributed by atoms with van der Waals surface area (Å²) >= 11 is 0. The molecule has 0 saturated carbocycles. The molecule has 0 radical (unpaired) electrons. The first kappa shape index (κ1) is 17.1. The predicted octanol–water partition coefficient (Wildman–Crippen LogP) is 3.60. The summed E-state index contributed by atoms with van der Waals surface area (Å²) in [6.45, 7) is 4.72. The van der Waals surface area contributed by atoms with Crippen LogP contribution >= 0.6 is 0 Å². The lowest BCUT2D eigenvalue weighted by atomic mass is 10.2. The summed E-state index contributed by atoms with van der Waals surface area (Å²) in [5.41, 5.74) is 9.87. The standard InChI is InChI=1S/C16H18N4O2/c1-14(18-19-17)13-20(15-9-5-3-6-10-15)12-8-4-7-11-16(21)22-2/h3-11H,1,12-13H2,2H3/b8-4+,11-7+. The molecule has 6 nitrogen and oxygen atoms in total. The minimum absolute atomic E-state index is 0.402. The minimum atomic E-state index is -0.402. The number of esters is 1. The van der Waals surface area contributed by atoms with E-state index in [0.29, 0.717) is 18.8 Å². The van der Waals surface area contributed by atoms with Crippen molar-refractivity contribution in [3.05, 3.63) is 77.4 Å². The molecule has 0 atom stereocenters. The molecule has 22 heavy (non-hydrogen) atoms. The number of allylic oxidation sites excluding steroid dienone is 2. The number of nitrogens with zero attached hydrogens (tertiary/aromatic N) is 4. The van der Waals surface area contributed by atoms with Crippen LogP contribution in [0.5, 0.6) is 0 Å². The molecule has 0 amide bonds. The van der Waals surface area contributed by atoms with Crippen molar-refractivity contribution in [3.63, 3.8) is 0 Å². The van der Waals surface area contributed by atoms with Gasteiger partial charge in [-0.15, -0.1) is 0 Å². The van der Waals surface area contributed by atoms with Crippen LogP contribution in [0, 0.1) is 0 Å². The SMILES string of the molecule is C=C(CN(C/C=C/C=C/C(=O)OC)c1ccccc1)N=[N+]=[N-]. The summed E-state index contributed by atoms with van der Waals surface area (Å²) in [6.07, 6.45) is 6.58. The zero-order valence-corrected chi connectivity index (χ0v) is 12.4. The van der Waals surface area contributed by atoms with Crippen molar-refractivity contribution in [3.8, 4) is 0 Å². The fourth-order valence-electron chi connectivity index (χ4n) is 1.68. The molecular weight excluding hydrogens is 280 g/mol. The van der Waals surface area contributed by atoms with Crippen molar-refractivity contribution >= 4 is 11.7 Å². The summed E-state index contributed by atoms with van der Waals surface area (Å²) < 4.78 is 4.50. The molecule has 1 aromatic carbocycles. The third kappa shape index (κ3) is 6.45. The molecule has 0 unspecified atom stereocenters. The van der Waals surface area contributed by atoms with E-state index in [2.05, 4.69) is 21.3 Å². The quantitative estimate of drug-likeness (QED) is 0.184. The average Bonchev–Trinajstić information content (AvgIpc) is 2.54. The molecule has 0 aliphatic heterocycles. The Hall–Kier alpha value is -2.98. The van der Waals surface area contributed by atoms with Crippen molar-refractivity contribution in [2.24, 2.45) is 5.11 Å². The Morgan fingerprint density at radius 1 is 1.41 bits per heavy atom. The minimum Gasteiger partial charge on any atom is -0.466 e. The van der Waals surface area contributed by atoms with Gasteiger partial charge >= 0.3 is 5.97 Å². The van der Waals surface area contributed by atoms with Crippen molar-refractivity contribution < 1.29 is 9.53 Å². The summed E-state index contributed by atoms with van der Waals surface area (Å²) in [5.74, 6) is -0.402. The highest BCUT2D eigenvalue weighted by molar-refractivity contribution is 5.82. The van der Waals surface area contributed by atoms with Gasteiger partial charge in [-0.3, -0.25) is 0 Å². The smallest absolute Gasteiger partial charge is 0.330 e. The fraction of sp³-hybridized carbons (Fsp3) is 0.188. The highest BCUT2D eigenvalue weighted by Gasteiger charge is 2.05. The molecule has 0 saturated heterocycles. The van der Waals surface area contributed by atoms with E-state index in [1.807, 2.05) is 41.3 Å². The Morgan fingerprint density at radius 3 is 2.77 bits per heavy atom. The Balaban J connectivity index is 2.72. The zero-order chi connectivity index (χ0) is 16.2. The van der Waals surface area contributed by atoms with Crippen molar-refractivity contribution in [2.45, 2.75) is 0 Å². The van der Waals surface area contributed by atoms with E-state index < -0.39 is 5.97 Å². The van der Waals surface area contributed by atoms with E-state index in [9.17, 15) is 4.79 Å². The van der Waals surface area contributed by atoms with Gasteiger partial charge in [0.25, 0.3) is 0 Å². The largest absolute Gasteiger partial charge is 0.466 e. The van der Waals surface area contributed by atoms with Gasteiger partial charge in [0, 0.05) is 35.5 Å². The summed E-state index contributed by atoms with van der Waals surface area (Å²) in [6, 6.07) is 9.71. The normalized spacial score (nSPS) is 10.4. The van der Waals surface area contributed by atoms with E-state index in [-0.39, 0.29) is 0 Å². The Kier molecular flexibility index (Phi) is 7.64. The number of ether oxygens (including phenoxy) is 1. The van der Waals surface area contributed by atoms with Crippen LogP contribution < -0.4 is 4.90 Å². The molecule has 0 N–H and O–H groups in total. The molecule has 0 bridgehead atoms. The third-order valence-electron chi connectivity index (χ3n) is 2.69. The van der Waals surface area contributed by atoms with Crippen molar-refractivity contribution in [2.75, 3.05) is 25.1 Å². The lowest BCUT2D eigenvalue weighted by Crippen LogP contribution is -2.25. The number of carbonyl (C=O) groups is 1. The molecule has 0 spiro atoms. The summed E-state index contributed by atoms with van der Waals surface area (Å²) in [7, 11) is 1.33. The molecule has 1 rings (SSSR count). The number of rotatable bonds is 8. The molecule has 1 aromatic rings. The molecule has 0 heterocycles. The molecule has 114 valence electrons. The number of para-hydroxylation sites is 1. The molecule has 0 fully saturated rings.